The van der Waals surface area contributed by atoms with Crippen molar-refractivity contribution in [2.45, 2.75) is 53.4 Å². The summed E-state index contributed by atoms with van der Waals surface area (Å²) in [4.78, 5) is 2.46. The fourth-order valence-corrected chi connectivity index (χ4v) is 2.01. The highest BCUT2D eigenvalue weighted by molar-refractivity contribution is 5.45. The van der Waals surface area contributed by atoms with Gasteiger partial charge in [-0.15, -0.1) is 0 Å². The lowest BCUT2D eigenvalue weighted by Gasteiger charge is -2.22. The minimum absolute atomic E-state index is 0. The maximum absolute atomic E-state index is 2.46. The van der Waals surface area contributed by atoms with Gasteiger partial charge in [-0.2, -0.15) is 0 Å². The molecule has 17 heavy (non-hydrogen) atoms. The van der Waals surface area contributed by atoms with Gasteiger partial charge in [0, 0.05) is 18.8 Å². The molecule has 0 radical (unpaired) electrons. The molecule has 1 aromatic rings. The van der Waals surface area contributed by atoms with Gasteiger partial charge < -0.3 is 4.90 Å². The molecule has 98 valence electrons. The van der Waals surface area contributed by atoms with Crippen LogP contribution in [0.4, 0.5) is 5.69 Å². The molecule has 0 atom stereocenters. The highest BCUT2D eigenvalue weighted by Gasteiger charge is 2.02. The van der Waals surface area contributed by atoms with Crippen molar-refractivity contribution in [3.05, 3.63) is 30.3 Å². The zero-order valence-electron chi connectivity index (χ0n) is 10.8. The summed E-state index contributed by atoms with van der Waals surface area (Å²) in [6.07, 6.45) is 6.80. The second kappa shape index (κ2) is 10.2. The molecule has 0 saturated carbocycles. The molecule has 0 saturated heterocycles. The van der Waals surface area contributed by atoms with E-state index in [1.807, 2.05) is 0 Å². The third kappa shape index (κ3) is 6.35. The summed E-state index contributed by atoms with van der Waals surface area (Å²) in [5, 5.41) is 0. The first kappa shape index (κ1) is 16.0. The Hall–Kier alpha value is -0.980. The average Bonchev–Trinajstić information content (AvgIpc) is 2.35. The summed E-state index contributed by atoms with van der Waals surface area (Å²) in [5.74, 6) is 0. The van der Waals surface area contributed by atoms with Gasteiger partial charge in [-0.3, -0.25) is 0 Å². The molecule has 0 aliphatic heterocycles. The Morgan fingerprint density at radius 2 is 1.53 bits per heavy atom. The van der Waals surface area contributed by atoms with Gasteiger partial charge in [-0.1, -0.05) is 58.2 Å². The van der Waals surface area contributed by atoms with E-state index in [-0.39, 0.29) is 7.43 Å². The summed E-state index contributed by atoms with van der Waals surface area (Å²) < 4.78 is 0. The van der Waals surface area contributed by atoms with Gasteiger partial charge in [0.1, 0.15) is 0 Å². The molecule has 1 nitrogen and oxygen atoms in total. The van der Waals surface area contributed by atoms with Crippen molar-refractivity contribution in [3.8, 4) is 0 Å². The fourth-order valence-electron chi connectivity index (χ4n) is 2.01. The van der Waals surface area contributed by atoms with E-state index >= 15 is 0 Å². The van der Waals surface area contributed by atoms with Crippen LogP contribution in [0.2, 0.25) is 0 Å². The van der Waals surface area contributed by atoms with Crippen LogP contribution in [-0.2, 0) is 0 Å². The number of nitrogens with zero attached hydrogens (tertiary/aromatic N) is 1. The smallest absolute Gasteiger partial charge is 0.0366 e. The molecule has 0 fully saturated rings. The van der Waals surface area contributed by atoms with Gasteiger partial charge in [0.05, 0.1) is 0 Å². The molecule has 0 heterocycles. The Bertz CT molecular complexity index is 255. The van der Waals surface area contributed by atoms with Crippen molar-refractivity contribution in [2.75, 3.05) is 18.0 Å². The second-order valence-electron chi connectivity index (χ2n) is 4.33. The van der Waals surface area contributed by atoms with Crippen LogP contribution < -0.4 is 4.90 Å². The predicted octanol–water partition coefficient (Wildman–Crippen LogP) is 5.12. The van der Waals surface area contributed by atoms with Crippen LogP contribution in [0, 0.1) is 0 Å². The Balaban J connectivity index is 0.00000256. The van der Waals surface area contributed by atoms with Crippen LogP contribution in [0.3, 0.4) is 0 Å². The number of para-hydroxylation sites is 1. The molecular weight excluding hydrogens is 206 g/mol. The molecule has 0 spiro atoms. The summed E-state index contributed by atoms with van der Waals surface area (Å²) in [6, 6.07) is 10.7. The Morgan fingerprint density at radius 1 is 0.882 bits per heavy atom. The van der Waals surface area contributed by atoms with E-state index in [0.29, 0.717) is 0 Å². The van der Waals surface area contributed by atoms with Crippen molar-refractivity contribution in [3.63, 3.8) is 0 Å². The molecule has 0 aliphatic rings. The van der Waals surface area contributed by atoms with Crippen molar-refractivity contribution < 1.29 is 0 Å². The van der Waals surface area contributed by atoms with Crippen molar-refractivity contribution in [2.24, 2.45) is 0 Å². The van der Waals surface area contributed by atoms with E-state index in [4.69, 9.17) is 0 Å². The monoisotopic (exact) mass is 235 g/mol. The standard InChI is InChI=1S/C15H25N.CH4/c1-3-5-6-7-11-14-16(4-2)15-12-9-8-10-13-15;/h8-10,12-13H,3-7,11,14H2,1-2H3;1H4. The third-order valence-corrected chi connectivity index (χ3v) is 3.03. The molecule has 0 N–H and O–H groups in total. The minimum Gasteiger partial charge on any atom is -0.372 e. The topological polar surface area (TPSA) is 3.24 Å². The maximum atomic E-state index is 2.46. The Morgan fingerprint density at radius 3 is 2.12 bits per heavy atom. The Labute approximate surface area is 108 Å². The quantitative estimate of drug-likeness (QED) is 0.565. The van der Waals surface area contributed by atoms with E-state index in [1.165, 1.54) is 44.3 Å². The molecule has 1 aromatic carbocycles. The lowest BCUT2D eigenvalue weighted by atomic mass is 10.1. The summed E-state index contributed by atoms with van der Waals surface area (Å²) in [6.45, 7) is 6.81. The Kier molecular flexibility index (Phi) is 9.60. The molecule has 0 aliphatic carbocycles. The number of rotatable bonds is 8. The predicted molar refractivity (Wildman–Crippen MR) is 79.8 cm³/mol. The lowest BCUT2D eigenvalue weighted by Crippen LogP contribution is -2.23. The van der Waals surface area contributed by atoms with Crippen LogP contribution in [0.25, 0.3) is 0 Å². The zero-order chi connectivity index (χ0) is 11.6. The van der Waals surface area contributed by atoms with Crippen LogP contribution >= 0.6 is 0 Å². The highest BCUT2D eigenvalue weighted by atomic mass is 15.1. The first-order chi connectivity index (χ1) is 7.88. The molecule has 0 bridgehead atoms. The van der Waals surface area contributed by atoms with Crippen LogP contribution in [0.15, 0.2) is 30.3 Å². The minimum atomic E-state index is 0. The van der Waals surface area contributed by atoms with Crippen LogP contribution in [-0.4, -0.2) is 13.1 Å². The van der Waals surface area contributed by atoms with Gasteiger partial charge in [0.15, 0.2) is 0 Å². The maximum Gasteiger partial charge on any atom is 0.0366 e. The van der Waals surface area contributed by atoms with Crippen molar-refractivity contribution in [1.82, 2.24) is 0 Å². The zero-order valence-corrected chi connectivity index (χ0v) is 10.8. The normalized spacial score (nSPS) is 9.76. The lowest BCUT2D eigenvalue weighted by molar-refractivity contribution is 0.621. The molecule has 0 amide bonds. The van der Waals surface area contributed by atoms with E-state index < -0.39 is 0 Å². The number of hydrogen-bond donors (Lipinski definition) is 0. The van der Waals surface area contributed by atoms with Gasteiger partial charge in [0.2, 0.25) is 0 Å². The summed E-state index contributed by atoms with van der Waals surface area (Å²) >= 11 is 0. The van der Waals surface area contributed by atoms with Gasteiger partial charge in [0.25, 0.3) is 0 Å². The fraction of sp³-hybridized carbons (Fsp3) is 0.625. The van der Waals surface area contributed by atoms with Gasteiger partial charge >= 0.3 is 0 Å². The van der Waals surface area contributed by atoms with Crippen molar-refractivity contribution in [1.29, 1.82) is 0 Å². The van der Waals surface area contributed by atoms with Crippen LogP contribution in [0.5, 0.6) is 0 Å². The number of benzene rings is 1. The number of anilines is 1. The molecule has 0 aromatic heterocycles. The summed E-state index contributed by atoms with van der Waals surface area (Å²) in [7, 11) is 0. The van der Waals surface area contributed by atoms with E-state index in [0.717, 1.165) is 6.54 Å². The molecule has 1 heteroatoms. The molecule has 1 rings (SSSR count). The summed E-state index contributed by atoms with van der Waals surface area (Å²) in [5.41, 5.74) is 1.36. The van der Waals surface area contributed by atoms with E-state index in [2.05, 4.69) is 49.1 Å². The van der Waals surface area contributed by atoms with Crippen molar-refractivity contribution >= 4 is 5.69 Å². The van der Waals surface area contributed by atoms with Crippen LogP contribution in [0.1, 0.15) is 53.4 Å². The first-order valence-corrected chi connectivity index (χ1v) is 6.68. The van der Waals surface area contributed by atoms with E-state index in [9.17, 15) is 0 Å². The highest BCUT2D eigenvalue weighted by Crippen LogP contribution is 2.14. The third-order valence-electron chi connectivity index (χ3n) is 3.03. The number of unbranched alkanes of at least 4 members (excludes halogenated alkanes) is 4. The largest absolute Gasteiger partial charge is 0.372 e. The first-order valence-electron chi connectivity index (χ1n) is 6.68. The van der Waals surface area contributed by atoms with Gasteiger partial charge in [-0.25, -0.2) is 0 Å². The second-order valence-corrected chi connectivity index (χ2v) is 4.33. The number of hydrogen-bond acceptors (Lipinski definition) is 1. The van der Waals surface area contributed by atoms with Gasteiger partial charge in [-0.05, 0) is 25.5 Å². The molecular formula is C16H29N. The average molecular weight is 235 g/mol. The van der Waals surface area contributed by atoms with E-state index in [1.54, 1.807) is 0 Å². The molecule has 0 unspecified atom stereocenters. The SMILES string of the molecule is C.CCCCCCCN(CC)c1ccccc1.